The predicted molar refractivity (Wildman–Crippen MR) is 112 cm³/mol. The maximum Gasteiger partial charge on any atom is 0.0741 e. The number of aryl methyl sites for hydroxylation is 2. The van der Waals surface area contributed by atoms with Crippen molar-refractivity contribution in [1.82, 2.24) is 14.3 Å². The summed E-state index contributed by atoms with van der Waals surface area (Å²) in [4.78, 5) is 0. The van der Waals surface area contributed by atoms with Gasteiger partial charge in [-0.1, -0.05) is 42.0 Å². The molecule has 0 N–H and O–H groups in total. The monoisotopic (exact) mass is 351 g/mol. The van der Waals surface area contributed by atoms with E-state index in [0.29, 0.717) is 0 Å². The van der Waals surface area contributed by atoms with Gasteiger partial charge in [-0.05, 0) is 50.2 Å². The molecule has 0 bridgehead atoms. The van der Waals surface area contributed by atoms with Gasteiger partial charge in [0.2, 0.25) is 0 Å². The molecule has 3 nitrogen and oxygen atoms in total. The summed E-state index contributed by atoms with van der Waals surface area (Å²) >= 11 is 0. The number of benzene rings is 3. The first-order valence-corrected chi connectivity index (χ1v) is 9.38. The largest absolute Gasteiger partial charge is 0.341 e. The lowest BCUT2D eigenvalue weighted by Crippen LogP contribution is -1.99. The number of aromatic nitrogens is 3. The second-order valence-corrected chi connectivity index (χ2v) is 6.96. The molecule has 3 heteroatoms. The molecule has 0 amide bonds. The van der Waals surface area contributed by atoms with E-state index in [4.69, 9.17) is 0 Å². The summed E-state index contributed by atoms with van der Waals surface area (Å²) in [6, 6.07) is 25.9. The maximum atomic E-state index is 4.62. The van der Waals surface area contributed by atoms with Crippen LogP contribution < -0.4 is 0 Å². The smallest absolute Gasteiger partial charge is 0.0741 e. The number of rotatable bonds is 3. The van der Waals surface area contributed by atoms with Crippen LogP contribution in [0, 0.1) is 6.92 Å². The van der Waals surface area contributed by atoms with Gasteiger partial charge in [-0.25, -0.2) is 4.68 Å². The maximum absolute atomic E-state index is 4.62. The fraction of sp³-hybridized carbons (Fsp3) is 0.125. The molecule has 3 aromatic carbocycles. The Kier molecular flexibility index (Phi) is 3.61. The summed E-state index contributed by atoms with van der Waals surface area (Å²) in [5, 5.41) is 7.18. The van der Waals surface area contributed by atoms with Gasteiger partial charge in [0, 0.05) is 33.9 Å². The average Bonchev–Trinajstić information content (AvgIpc) is 3.30. The topological polar surface area (TPSA) is 22.8 Å². The van der Waals surface area contributed by atoms with Crippen molar-refractivity contribution in [1.29, 1.82) is 0 Å². The van der Waals surface area contributed by atoms with Crippen LogP contribution in [0.1, 0.15) is 12.5 Å². The molecule has 132 valence electrons. The third kappa shape index (κ3) is 2.47. The molecule has 0 saturated heterocycles. The van der Waals surface area contributed by atoms with Gasteiger partial charge in [-0.15, -0.1) is 0 Å². The third-order valence-electron chi connectivity index (χ3n) is 5.27. The van der Waals surface area contributed by atoms with Crippen molar-refractivity contribution in [2.24, 2.45) is 0 Å². The van der Waals surface area contributed by atoms with Crippen molar-refractivity contribution in [3.8, 4) is 16.9 Å². The molecule has 0 aliphatic carbocycles. The molecule has 2 aromatic heterocycles. The summed E-state index contributed by atoms with van der Waals surface area (Å²) in [7, 11) is 0. The zero-order valence-corrected chi connectivity index (χ0v) is 15.6. The summed E-state index contributed by atoms with van der Waals surface area (Å²) < 4.78 is 4.41. The van der Waals surface area contributed by atoms with E-state index in [0.717, 1.165) is 17.9 Å². The Balaban J connectivity index is 1.74. The molecule has 27 heavy (non-hydrogen) atoms. The molecule has 0 fully saturated rings. The van der Waals surface area contributed by atoms with Gasteiger partial charge in [0.15, 0.2) is 0 Å². The molecule has 5 aromatic rings. The van der Waals surface area contributed by atoms with Crippen LogP contribution in [0.4, 0.5) is 0 Å². The van der Waals surface area contributed by atoms with E-state index in [2.05, 4.69) is 96.3 Å². The second kappa shape index (κ2) is 6.13. The van der Waals surface area contributed by atoms with E-state index in [9.17, 15) is 0 Å². The van der Waals surface area contributed by atoms with Crippen LogP contribution >= 0.6 is 0 Å². The Labute approximate surface area is 158 Å². The van der Waals surface area contributed by atoms with Crippen molar-refractivity contribution in [3.63, 3.8) is 0 Å². The molecule has 0 aliphatic rings. The van der Waals surface area contributed by atoms with Gasteiger partial charge < -0.3 is 4.57 Å². The van der Waals surface area contributed by atoms with E-state index in [1.165, 1.54) is 32.9 Å². The Bertz CT molecular complexity index is 1270. The molecular weight excluding hydrogens is 330 g/mol. The van der Waals surface area contributed by atoms with Crippen molar-refractivity contribution >= 4 is 21.8 Å². The van der Waals surface area contributed by atoms with E-state index in [1.807, 2.05) is 10.9 Å². The van der Waals surface area contributed by atoms with Crippen LogP contribution in [0.15, 0.2) is 79.0 Å². The quantitative estimate of drug-likeness (QED) is 0.392. The van der Waals surface area contributed by atoms with Crippen molar-refractivity contribution in [2.75, 3.05) is 0 Å². The molecular formula is C24H21N3. The first-order valence-electron chi connectivity index (χ1n) is 9.38. The Morgan fingerprint density at radius 2 is 1.67 bits per heavy atom. The number of hydrogen-bond donors (Lipinski definition) is 0. The van der Waals surface area contributed by atoms with Crippen LogP contribution in [0.2, 0.25) is 0 Å². The fourth-order valence-electron chi connectivity index (χ4n) is 4.05. The highest BCUT2D eigenvalue weighted by Gasteiger charge is 2.12. The Hall–Kier alpha value is -3.33. The summed E-state index contributed by atoms with van der Waals surface area (Å²) in [6.07, 6.45) is 1.87. The number of nitrogens with zero attached hydrogens (tertiary/aromatic N) is 3. The molecule has 0 spiro atoms. The molecule has 0 unspecified atom stereocenters. The van der Waals surface area contributed by atoms with E-state index < -0.39 is 0 Å². The van der Waals surface area contributed by atoms with Crippen LogP contribution in [0.25, 0.3) is 38.8 Å². The Morgan fingerprint density at radius 3 is 2.52 bits per heavy atom. The van der Waals surface area contributed by atoms with Gasteiger partial charge in [0.05, 0.1) is 17.6 Å². The van der Waals surface area contributed by atoms with Crippen LogP contribution in [0.3, 0.4) is 0 Å². The minimum Gasteiger partial charge on any atom is -0.341 e. The highest BCUT2D eigenvalue weighted by molar-refractivity contribution is 6.08. The van der Waals surface area contributed by atoms with Gasteiger partial charge in [0.1, 0.15) is 0 Å². The highest BCUT2D eigenvalue weighted by atomic mass is 15.3. The number of para-hydroxylation sites is 1. The van der Waals surface area contributed by atoms with Crippen LogP contribution in [-0.4, -0.2) is 14.3 Å². The standard InChI is InChI=1S/C24H21N3/c1-3-26-23-10-5-4-9-20(23)21-16-19(11-12-24(21)26)27-22(13-14-25-27)18-8-6-7-17(2)15-18/h4-16H,3H2,1-2H3. The highest BCUT2D eigenvalue weighted by Crippen LogP contribution is 2.31. The average molecular weight is 351 g/mol. The van der Waals surface area contributed by atoms with Gasteiger partial charge in [-0.3, -0.25) is 0 Å². The lowest BCUT2D eigenvalue weighted by atomic mass is 10.1. The normalized spacial score (nSPS) is 11.5. The van der Waals surface area contributed by atoms with Gasteiger partial charge >= 0.3 is 0 Å². The van der Waals surface area contributed by atoms with Crippen molar-refractivity contribution < 1.29 is 0 Å². The fourth-order valence-corrected chi connectivity index (χ4v) is 4.05. The molecule has 0 saturated carbocycles. The first kappa shape index (κ1) is 15.9. The lowest BCUT2D eigenvalue weighted by molar-refractivity contribution is 0.826. The van der Waals surface area contributed by atoms with Crippen LogP contribution in [-0.2, 0) is 6.54 Å². The molecule has 5 rings (SSSR count). The molecule has 0 aliphatic heterocycles. The number of hydrogen-bond acceptors (Lipinski definition) is 1. The third-order valence-corrected chi connectivity index (χ3v) is 5.27. The summed E-state index contributed by atoms with van der Waals surface area (Å²) in [5.41, 5.74) is 7.18. The molecule has 0 radical (unpaired) electrons. The van der Waals surface area contributed by atoms with E-state index >= 15 is 0 Å². The lowest BCUT2D eigenvalue weighted by Gasteiger charge is -2.09. The minimum atomic E-state index is 0.958. The van der Waals surface area contributed by atoms with Crippen molar-refractivity contribution in [3.05, 3.63) is 84.6 Å². The Morgan fingerprint density at radius 1 is 0.815 bits per heavy atom. The molecule has 2 heterocycles. The molecule has 0 atom stereocenters. The van der Waals surface area contributed by atoms with Gasteiger partial charge in [0.25, 0.3) is 0 Å². The van der Waals surface area contributed by atoms with E-state index in [-0.39, 0.29) is 0 Å². The predicted octanol–water partition coefficient (Wildman–Crippen LogP) is 5.98. The van der Waals surface area contributed by atoms with Crippen molar-refractivity contribution in [2.45, 2.75) is 20.4 Å². The number of fused-ring (bicyclic) bond motifs is 3. The second-order valence-electron chi connectivity index (χ2n) is 6.96. The summed E-state index contributed by atoms with van der Waals surface area (Å²) in [6.45, 7) is 5.28. The van der Waals surface area contributed by atoms with Gasteiger partial charge in [-0.2, -0.15) is 5.10 Å². The SMILES string of the molecule is CCn1c2ccccc2c2cc(-n3nccc3-c3cccc(C)c3)ccc21. The van der Waals surface area contributed by atoms with E-state index in [1.54, 1.807) is 0 Å². The first-order chi connectivity index (χ1) is 13.3. The van der Waals surface area contributed by atoms with Crippen LogP contribution in [0.5, 0.6) is 0 Å². The zero-order valence-electron chi connectivity index (χ0n) is 15.6. The zero-order chi connectivity index (χ0) is 18.4. The summed E-state index contributed by atoms with van der Waals surface area (Å²) in [5.74, 6) is 0. The minimum absolute atomic E-state index is 0.958.